The lowest BCUT2D eigenvalue weighted by Gasteiger charge is -2.36. The Morgan fingerprint density at radius 1 is 0.688 bits per heavy atom. The Balaban J connectivity index is 2.12. The lowest BCUT2D eigenvalue weighted by molar-refractivity contribution is -0.373. The fourth-order valence-electron chi connectivity index (χ4n) is 3.00. The third kappa shape index (κ3) is 4.27. The fraction of sp³-hybridized carbons (Fsp3) is 0.136. The topological polar surface area (TPSA) is 43.4 Å². The van der Waals surface area contributed by atoms with Gasteiger partial charge in [-0.05, 0) is 24.3 Å². The zero-order valence-electron chi connectivity index (χ0n) is 16.0. The predicted molar refractivity (Wildman–Crippen MR) is 103 cm³/mol. The summed E-state index contributed by atoms with van der Waals surface area (Å²) >= 11 is 0. The Bertz CT molecular complexity index is 1100. The molecule has 3 rings (SSSR count). The molecular formula is C22H14F6O3S. The van der Waals surface area contributed by atoms with E-state index in [1.165, 1.54) is 36.4 Å². The third-order valence-electron chi connectivity index (χ3n) is 4.49. The van der Waals surface area contributed by atoms with E-state index in [1.807, 2.05) is 0 Å². The van der Waals surface area contributed by atoms with Gasteiger partial charge in [0.15, 0.2) is 0 Å². The van der Waals surface area contributed by atoms with Crippen molar-refractivity contribution in [3.05, 3.63) is 96.1 Å². The van der Waals surface area contributed by atoms with E-state index in [0.717, 1.165) is 18.2 Å². The standard InChI is InChI=1S/C22H14F6O3S/c23-21(24,25)20(22(26,27)28,15-9-3-1-4-10-15)31-19(29)17-13-7-8-14-18(17)32(30)16-11-5-2-6-12-16/h1-14H. The monoisotopic (exact) mass is 472 g/mol. The highest BCUT2D eigenvalue weighted by Gasteiger charge is 2.75. The Morgan fingerprint density at radius 3 is 1.69 bits per heavy atom. The zero-order valence-corrected chi connectivity index (χ0v) is 16.8. The van der Waals surface area contributed by atoms with Gasteiger partial charge >= 0.3 is 23.9 Å². The lowest BCUT2D eigenvalue weighted by atomic mass is 9.91. The van der Waals surface area contributed by atoms with Crippen LogP contribution in [0.5, 0.6) is 0 Å². The molecule has 0 spiro atoms. The molecule has 0 amide bonds. The van der Waals surface area contributed by atoms with Crippen molar-refractivity contribution >= 4 is 16.8 Å². The number of hydrogen-bond acceptors (Lipinski definition) is 3. The van der Waals surface area contributed by atoms with Gasteiger partial charge in [0.05, 0.1) is 21.3 Å². The first-order valence-corrected chi connectivity index (χ1v) is 10.1. The highest BCUT2D eigenvalue weighted by molar-refractivity contribution is 7.85. The van der Waals surface area contributed by atoms with Crippen LogP contribution in [-0.2, 0) is 21.1 Å². The SMILES string of the molecule is O=C(OC(c1ccccc1)(C(F)(F)F)C(F)(F)F)c1ccccc1S(=O)c1ccccc1. The molecule has 1 unspecified atom stereocenters. The van der Waals surface area contributed by atoms with Crippen molar-refractivity contribution in [3.8, 4) is 0 Å². The molecule has 0 bridgehead atoms. The van der Waals surface area contributed by atoms with Crippen LogP contribution in [-0.4, -0.2) is 22.5 Å². The van der Waals surface area contributed by atoms with Crippen LogP contribution in [0.2, 0.25) is 0 Å². The highest BCUT2D eigenvalue weighted by atomic mass is 32.2. The molecule has 0 saturated heterocycles. The summed E-state index contributed by atoms with van der Waals surface area (Å²) < 4.78 is 101. The van der Waals surface area contributed by atoms with Gasteiger partial charge in [-0.2, -0.15) is 26.3 Å². The molecule has 3 aromatic rings. The lowest BCUT2D eigenvalue weighted by Crippen LogP contribution is -2.56. The normalized spacial score (nSPS) is 13.4. The van der Waals surface area contributed by atoms with Crippen molar-refractivity contribution < 1.29 is 40.1 Å². The van der Waals surface area contributed by atoms with Gasteiger partial charge in [0.1, 0.15) is 0 Å². The number of ether oxygens (including phenoxy) is 1. The molecule has 0 N–H and O–H groups in total. The quantitative estimate of drug-likeness (QED) is 0.337. The second kappa shape index (κ2) is 8.78. The van der Waals surface area contributed by atoms with Crippen LogP contribution in [0.25, 0.3) is 0 Å². The minimum atomic E-state index is -6.03. The average molecular weight is 472 g/mol. The Morgan fingerprint density at radius 2 is 1.16 bits per heavy atom. The predicted octanol–water partition coefficient (Wildman–Crippen LogP) is 6.03. The first kappa shape index (κ1) is 23.5. The number of carbonyl (C=O) groups excluding carboxylic acids is 1. The smallest absolute Gasteiger partial charge is 0.431 e. The molecule has 0 aliphatic rings. The molecule has 0 aliphatic carbocycles. The number of benzene rings is 3. The van der Waals surface area contributed by atoms with Crippen molar-refractivity contribution in [2.24, 2.45) is 0 Å². The highest BCUT2D eigenvalue weighted by Crippen LogP contribution is 2.53. The first-order valence-electron chi connectivity index (χ1n) is 8.97. The summed E-state index contributed by atoms with van der Waals surface area (Å²) in [5, 5.41) is 0. The van der Waals surface area contributed by atoms with Gasteiger partial charge in [-0.15, -0.1) is 0 Å². The van der Waals surface area contributed by atoms with Crippen molar-refractivity contribution in [1.29, 1.82) is 0 Å². The summed E-state index contributed by atoms with van der Waals surface area (Å²) in [5.74, 6) is -1.91. The van der Waals surface area contributed by atoms with Gasteiger partial charge in [0.2, 0.25) is 0 Å². The van der Waals surface area contributed by atoms with Crippen LogP contribution < -0.4 is 0 Å². The summed E-state index contributed by atoms with van der Waals surface area (Å²) in [6.07, 6.45) is -12.1. The van der Waals surface area contributed by atoms with E-state index in [-0.39, 0.29) is 9.79 Å². The van der Waals surface area contributed by atoms with Crippen LogP contribution in [0.1, 0.15) is 15.9 Å². The molecule has 0 heterocycles. The maximum absolute atomic E-state index is 13.9. The van der Waals surface area contributed by atoms with Gasteiger partial charge in [-0.1, -0.05) is 60.7 Å². The molecule has 0 aliphatic heterocycles. The number of halogens is 6. The molecule has 3 nitrogen and oxygen atoms in total. The molecule has 3 aromatic carbocycles. The first-order chi connectivity index (χ1) is 15.0. The van der Waals surface area contributed by atoms with E-state index < -0.39 is 45.8 Å². The van der Waals surface area contributed by atoms with E-state index in [4.69, 9.17) is 0 Å². The molecule has 32 heavy (non-hydrogen) atoms. The van der Waals surface area contributed by atoms with Crippen LogP contribution in [0.3, 0.4) is 0 Å². The minimum absolute atomic E-state index is 0.203. The van der Waals surface area contributed by atoms with E-state index in [2.05, 4.69) is 4.74 Å². The van der Waals surface area contributed by atoms with E-state index in [1.54, 1.807) is 18.2 Å². The molecule has 0 aromatic heterocycles. The van der Waals surface area contributed by atoms with Gasteiger partial charge in [-0.3, -0.25) is 0 Å². The van der Waals surface area contributed by atoms with Crippen LogP contribution >= 0.6 is 0 Å². The van der Waals surface area contributed by atoms with E-state index in [0.29, 0.717) is 12.1 Å². The van der Waals surface area contributed by atoms with Crippen molar-refractivity contribution in [1.82, 2.24) is 0 Å². The van der Waals surface area contributed by atoms with Crippen molar-refractivity contribution in [2.45, 2.75) is 27.7 Å². The van der Waals surface area contributed by atoms with Crippen LogP contribution in [0, 0.1) is 0 Å². The molecular weight excluding hydrogens is 458 g/mol. The van der Waals surface area contributed by atoms with E-state index >= 15 is 0 Å². The zero-order chi connectivity index (χ0) is 23.6. The number of carbonyl (C=O) groups is 1. The molecule has 1 atom stereocenters. The molecule has 0 radical (unpaired) electrons. The second-order valence-corrected chi connectivity index (χ2v) is 7.96. The molecule has 0 fully saturated rings. The number of esters is 1. The Labute approximate surface area is 181 Å². The number of hydrogen-bond donors (Lipinski definition) is 0. The minimum Gasteiger partial charge on any atom is -0.431 e. The summed E-state index contributed by atoms with van der Waals surface area (Å²) in [4.78, 5) is 12.6. The van der Waals surface area contributed by atoms with Gasteiger partial charge < -0.3 is 4.74 Å². The van der Waals surface area contributed by atoms with Gasteiger partial charge in [0, 0.05) is 10.5 Å². The largest absolute Gasteiger partial charge is 0.442 e. The van der Waals surface area contributed by atoms with Gasteiger partial charge in [-0.25, -0.2) is 9.00 Å². The Hall–Kier alpha value is -3.14. The molecule has 10 heteroatoms. The second-order valence-electron chi connectivity index (χ2n) is 6.51. The molecule has 0 saturated carbocycles. The third-order valence-corrected chi connectivity index (χ3v) is 5.94. The summed E-state index contributed by atoms with van der Waals surface area (Å²) in [7, 11) is -2.06. The summed E-state index contributed by atoms with van der Waals surface area (Å²) in [5.41, 5.74) is -6.90. The Kier molecular flexibility index (Phi) is 6.45. The van der Waals surface area contributed by atoms with Crippen molar-refractivity contribution in [3.63, 3.8) is 0 Å². The van der Waals surface area contributed by atoms with E-state index in [9.17, 15) is 35.3 Å². The van der Waals surface area contributed by atoms with Crippen LogP contribution in [0.4, 0.5) is 26.3 Å². The number of rotatable bonds is 5. The maximum Gasteiger partial charge on any atom is 0.442 e. The average Bonchev–Trinajstić information content (AvgIpc) is 2.76. The van der Waals surface area contributed by atoms with Crippen LogP contribution in [0.15, 0.2) is 94.7 Å². The molecule has 168 valence electrons. The van der Waals surface area contributed by atoms with Crippen molar-refractivity contribution in [2.75, 3.05) is 0 Å². The fourth-order valence-corrected chi connectivity index (χ4v) is 4.21. The number of alkyl halides is 6. The summed E-state index contributed by atoms with van der Waals surface area (Å²) in [6.45, 7) is 0. The summed E-state index contributed by atoms with van der Waals surface area (Å²) in [6, 6.07) is 16.6. The maximum atomic E-state index is 13.9. The van der Waals surface area contributed by atoms with Gasteiger partial charge in [0.25, 0.3) is 0 Å².